The van der Waals surface area contributed by atoms with Crippen molar-refractivity contribution in [2.24, 2.45) is 0 Å². The molecule has 8 heteroatoms. The van der Waals surface area contributed by atoms with Gasteiger partial charge in [-0.05, 0) is 25.0 Å². The first-order valence-corrected chi connectivity index (χ1v) is 7.94. The molecule has 1 saturated heterocycles. The Kier molecular flexibility index (Phi) is 4.86. The number of aliphatic hydroxyl groups excluding tert-OH is 1. The Morgan fingerprint density at radius 2 is 2.33 bits per heavy atom. The van der Waals surface area contributed by atoms with Crippen molar-refractivity contribution in [3.63, 3.8) is 0 Å². The van der Waals surface area contributed by atoms with Crippen molar-refractivity contribution in [1.29, 1.82) is 0 Å². The van der Waals surface area contributed by atoms with E-state index < -0.39 is 5.60 Å². The number of hydrogen-bond donors (Lipinski definition) is 2. The number of nitrogens with zero attached hydrogens (tertiary/aromatic N) is 4. The van der Waals surface area contributed by atoms with Crippen molar-refractivity contribution in [2.75, 3.05) is 19.7 Å². The molecule has 0 saturated carbocycles. The van der Waals surface area contributed by atoms with Crippen molar-refractivity contribution in [1.82, 2.24) is 20.0 Å². The summed E-state index contributed by atoms with van der Waals surface area (Å²) in [5, 5.41) is 23.3. The highest BCUT2D eigenvalue weighted by molar-refractivity contribution is 5.76. The number of aliphatic hydroxyl groups is 2. The van der Waals surface area contributed by atoms with Crippen LogP contribution in [0.5, 0.6) is 0 Å². The summed E-state index contributed by atoms with van der Waals surface area (Å²) in [6.07, 6.45) is 5.04. The smallest absolute Gasteiger partial charge is 0.227 e. The third kappa shape index (κ3) is 3.77. The molecule has 2 N–H and O–H groups in total. The molecule has 0 aliphatic carbocycles. The van der Waals surface area contributed by atoms with E-state index in [0.717, 1.165) is 5.56 Å². The van der Waals surface area contributed by atoms with Gasteiger partial charge in [-0.1, -0.05) is 5.16 Å². The van der Waals surface area contributed by atoms with Gasteiger partial charge in [-0.25, -0.2) is 0 Å². The monoisotopic (exact) mass is 332 g/mol. The van der Waals surface area contributed by atoms with Gasteiger partial charge >= 0.3 is 0 Å². The van der Waals surface area contributed by atoms with Crippen LogP contribution in [0.1, 0.15) is 25.2 Å². The minimum atomic E-state index is -1.19. The second-order valence-corrected chi connectivity index (χ2v) is 6.05. The summed E-state index contributed by atoms with van der Waals surface area (Å²) in [6.45, 7) is 0.411. The number of carbonyl (C=O) groups is 1. The molecule has 0 bridgehead atoms. The number of rotatable bonds is 5. The zero-order valence-electron chi connectivity index (χ0n) is 13.3. The zero-order valence-corrected chi connectivity index (χ0v) is 13.3. The molecule has 2 aromatic rings. The van der Waals surface area contributed by atoms with Gasteiger partial charge in [0.2, 0.25) is 17.6 Å². The number of pyridine rings is 1. The van der Waals surface area contributed by atoms with Crippen LogP contribution >= 0.6 is 0 Å². The largest absolute Gasteiger partial charge is 0.393 e. The van der Waals surface area contributed by atoms with Crippen LogP contribution in [-0.4, -0.2) is 61.4 Å². The van der Waals surface area contributed by atoms with Crippen molar-refractivity contribution >= 4 is 5.91 Å². The summed E-state index contributed by atoms with van der Waals surface area (Å²) in [6, 6.07) is 3.61. The lowest BCUT2D eigenvalue weighted by atomic mass is 9.93. The summed E-state index contributed by atoms with van der Waals surface area (Å²) in [5.41, 5.74) is -0.436. The third-order valence-corrected chi connectivity index (χ3v) is 4.14. The zero-order chi connectivity index (χ0) is 17.0. The van der Waals surface area contributed by atoms with E-state index in [1.54, 1.807) is 23.4 Å². The molecular weight excluding hydrogens is 312 g/mol. The highest BCUT2D eigenvalue weighted by Gasteiger charge is 2.34. The summed E-state index contributed by atoms with van der Waals surface area (Å²) in [4.78, 5) is 22.1. The van der Waals surface area contributed by atoms with Crippen LogP contribution in [-0.2, 0) is 11.2 Å². The number of amides is 1. The maximum Gasteiger partial charge on any atom is 0.227 e. The van der Waals surface area contributed by atoms with Gasteiger partial charge in [0, 0.05) is 37.3 Å². The minimum absolute atomic E-state index is 0.0947. The molecule has 0 spiro atoms. The molecule has 1 atom stereocenters. The molecule has 3 rings (SSSR count). The predicted octanol–water partition coefficient (Wildman–Crippen LogP) is 0.410. The average Bonchev–Trinajstić information content (AvgIpc) is 3.09. The number of piperidine rings is 1. The van der Waals surface area contributed by atoms with E-state index in [-0.39, 0.29) is 25.5 Å². The molecule has 1 amide bonds. The van der Waals surface area contributed by atoms with E-state index in [4.69, 9.17) is 4.52 Å². The Labute approximate surface area is 139 Å². The molecule has 8 nitrogen and oxygen atoms in total. The van der Waals surface area contributed by atoms with Gasteiger partial charge in [0.15, 0.2) is 0 Å². The van der Waals surface area contributed by atoms with Crippen LogP contribution in [0, 0.1) is 0 Å². The lowest BCUT2D eigenvalue weighted by Gasteiger charge is -2.38. The van der Waals surface area contributed by atoms with Crippen LogP contribution in [0.25, 0.3) is 11.4 Å². The molecule has 1 aliphatic rings. The van der Waals surface area contributed by atoms with Crippen molar-refractivity contribution in [3.05, 3.63) is 30.4 Å². The average molecular weight is 332 g/mol. The highest BCUT2D eigenvalue weighted by atomic mass is 16.5. The van der Waals surface area contributed by atoms with Crippen LogP contribution in [0.3, 0.4) is 0 Å². The van der Waals surface area contributed by atoms with Crippen LogP contribution < -0.4 is 0 Å². The summed E-state index contributed by atoms with van der Waals surface area (Å²) in [7, 11) is 0. The van der Waals surface area contributed by atoms with Gasteiger partial charge in [-0.15, -0.1) is 0 Å². The van der Waals surface area contributed by atoms with Gasteiger partial charge in [0.25, 0.3) is 0 Å². The molecular formula is C16H20N4O4. The minimum Gasteiger partial charge on any atom is -0.393 e. The van der Waals surface area contributed by atoms with Gasteiger partial charge < -0.3 is 19.6 Å². The maximum absolute atomic E-state index is 12.3. The Bertz CT molecular complexity index is 690. The Morgan fingerprint density at radius 1 is 1.46 bits per heavy atom. The van der Waals surface area contributed by atoms with E-state index in [0.29, 0.717) is 37.5 Å². The van der Waals surface area contributed by atoms with Gasteiger partial charge in [0.05, 0.1) is 13.2 Å². The normalized spacial score (nSPS) is 21.0. The Hall–Kier alpha value is -2.32. The Morgan fingerprint density at radius 3 is 3.08 bits per heavy atom. The molecule has 1 aliphatic heterocycles. The maximum atomic E-state index is 12.3. The van der Waals surface area contributed by atoms with Crippen molar-refractivity contribution in [3.8, 4) is 11.4 Å². The fourth-order valence-corrected chi connectivity index (χ4v) is 2.79. The van der Waals surface area contributed by atoms with E-state index in [9.17, 15) is 15.0 Å². The quantitative estimate of drug-likeness (QED) is 0.815. The third-order valence-electron chi connectivity index (χ3n) is 4.14. The molecule has 3 heterocycles. The number of aryl methyl sites for hydroxylation is 1. The van der Waals surface area contributed by atoms with Crippen LogP contribution in [0.15, 0.2) is 29.0 Å². The predicted molar refractivity (Wildman–Crippen MR) is 83.7 cm³/mol. The van der Waals surface area contributed by atoms with Gasteiger partial charge in [0.1, 0.15) is 5.60 Å². The molecule has 24 heavy (non-hydrogen) atoms. The molecule has 1 unspecified atom stereocenters. The van der Waals surface area contributed by atoms with E-state index in [1.165, 1.54) is 0 Å². The number of β-amino-alcohol motifs (C(OH)–C–C–N with tert-alkyl or cyclic N) is 1. The molecule has 128 valence electrons. The van der Waals surface area contributed by atoms with Crippen LogP contribution in [0.2, 0.25) is 0 Å². The SMILES string of the molecule is O=C(CCc1nc(-c2cccnc2)no1)N1CCCC(O)(CO)C1. The second-order valence-electron chi connectivity index (χ2n) is 6.05. The summed E-state index contributed by atoms with van der Waals surface area (Å²) in [5.74, 6) is 0.734. The topological polar surface area (TPSA) is 113 Å². The van der Waals surface area contributed by atoms with Gasteiger partial charge in [-0.2, -0.15) is 4.98 Å². The molecule has 2 aromatic heterocycles. The number of aromatic nitrogens is 3. The van der Waals surface area contributed by atoms with Crippen molar-refractivity contribution in [2.45, 2.75) is 31.3 Å². The second kappa shape index (κ2) is 7.06. The first-order valence-electron chi connectivity index (χ1n) is 7.94. The van der Waals surface area contributed by atoms with Crippen molar-refractivity contribution < 1.29 is 19.5 Å². The first kappa shape index (κ1) is 16.5. The fourth-order valence-electron chi connectivity index (χ4n) is 2.79. The fraction of sp³-hybridized carbons (Fsp3) is 0.500. The molecule has 1 fully saturated rings. The number of hydrogen-bond acceptors (Lipinski definition) is 7. The van der Waals surface area contributed by atoms with Crippen LogP contribution in [0.4, 0.5) is 0 Å². The standard InChI is InChI=1S/C16H20N4O4/c21-11-16(23)6-2-8-20(10-16)14(22)5-4-13-18-15(19-24-13)12-3-1-7-17-9-12/h1,3,7,9,21,23H,2,4-6,8,10-11H2. The van der Waals surface area contributed by atoms with E-state index >= 15 is 0 Å². The lowest BCUT2D eigenvalue weighted by molar-refractivity contribution is -0.140. The summed E-state index contributed by atoms with van der Waals surface area (Å²) < 4.78 is 5.17. The number of carbonyl (C=O) groups excluding carboxylic acids is 1. The molecule has 0 aromatic carbocycles. The lowest BCUT2D eigenvalue weighted by Crippen LogP contribution is -2.52. The van der Waals surface area contributed by atoms with E-state index in [2.05, 4.69) is 15.1 Å². The Balaban J connectivity index is 1.56. The number of likely N-dealkylation sites (tertiary alicyclic amines) is 1. The van der Waals surface area contributed by atoms with E-state index in [1.807, 2.05) is 6.07 Å². The summed E-state index contributed by atoms with van der Waals surface area (Å²) >= 11 is 0. The first-order chi connectivity index (χ1) is 11.6. The highest BCUT2D eigenvalue weighted by Crippen LogP contribution is 2.21. The van der Waals surface area contributed by atoms with Gasteiger partial charge in [-0.3, -0.25) is 9.78 Å². The molecule has 0 radical (unpaired) electrons.